The molecule has 1 aromatic carbocycles. The minimum absolute atomic E-state index is 0.0568. The Labute approximate surface area is 111 Å². The van der Waals surface area contributed by atoms with Crippen molar-refractivity contribution in [1.29, 1.82) is 0 Å². The monoisotopic (exact) mass is 268 g/mol. The van der Waals surface area contributed by atoms with Crippen LogP contribution in [0.3, 0.4) is 0 Å². The van der Waals surface area contributed by atoms with Gasteiger partial charge in [-0.1, -0.05) is 29.8 Å². The number of carbonyl (C=O) groups excluding carboxylic acids is 1. The van der Waals surface area contributed by atoms with Gasteiger partial charge in [-0.05, 0) is 24.5 Å². The number of carbonyl (C=O) groups is 1. The smallest absolute Gasteiger partial charge is 0.237 e. The first-order chi connectivity index (χ1) is 8.66. The van der Waals surface area contributed by atoms with Crippen molar-refractivity contribution in [3.8, 4) is 0 Å². The van der Waals surface area contributed by atoms with Crippen LogP contribution in [0.4, 0.5) is 0 Å². The van der Waals surface area contributed by atoms with Gasteiger partial charge in [0.05, 0.1) is 12.1 Å². The van der Waals surface area contributed by atoms with Gasteiger partial charge in [-0.25, -0.2) is 0 Å². The third-order valence-electron chi connectivity index (χ3n) is 3.08. The van der Waals surface area contributed by atoms with Gasteiger partial charge >= 0.3 is 0 Å². The molecule has 0 aromatic heterocycles. The van der Waals surface area contributed by atoms with Crippen molar-refractivity contribution in [3.63, 3.8) is 0 Å². The van der Waals surface area contributed by atoms with E-state index in [0.717, 1.165) is 10.6 Å². The van der Waals surface area contributed by atoms with Gasteiger partial charge in [0.25, 0.3) is 0 Å². The Morgan fingerprint density at radius 2 is 2.28 bits per heavy atom. The van der Waals surface area contributed by atoms with Gasteiger partial charge < -0.3 is 15.7 Å². The van der Waals surface area contributed by atoms with Crippen LogP contribution in [0, 0.1) is 0 Å². The fourth-order valence-electron chi connectivity index (χ4n) is 2.06. The molecule has 1 heterocycles. The first-order valence-corrected chi connectivity index (χ1v) is 6.47. The van der Waals surface area contributed by atoms with Crippen molar-refractivity contribution >= 4 is 17.5 Å². The summed E-state index contributed by atoms with van der Waals surface area (Å²) in [6.45, 7) is 1.04. The summed E-state index contributed by atoms with van der Waals surface area (Å²) in [5, 5.41) is 15.9. The molecule has 5 heteroatoms. The lowest BCUT2D eigenvalue weighted by atomic mass is 10.1. The lowest BCUT2D eigenvalue weighted by molar-refractivity contribution is -0.122. The molecule has 0 spiro atoms. The summed E-state index contributed by atoms with van der Waals surface area (Å²) in [7, 11) is 0. The number of benzene rings is 1. The first-order valence-electron chi connectivity index (χ1n) is 6.09. The van der Waals surface area contributed by atoms with Crippen molar-refractivity contribution in [1.82, 2.24) is 10.6 Å². The van der Waals surface area contributed by atoms with Crippen molar-refractivity contribution in [2.75, 3.05) is 13.1 Å². The number of aliphatic hydroxyl groups excluding tert-OH is 1. The van der Waals surface area contributed by atoms with Crippen LogP contribution in [0.5, 0.6) is 0 Å². The van der Waals surface area contributed by atoms with E-state index in [4.69, 9.17) is 11.6 Å². The Hall–Kier alpha value is -1.10. The molecular weight excluding hydrogens is 252 g/mol. The number of hydrogen-bond acceptors (Lipinski definition) is 3. The molecular formula is C13H17ClN2O2. The highest BCUT2D eigenvalue weighted by Gasteiger charge is 2.27. The second-order valence-corrected chi connectivity index (χ2v) is 4.89. The zero-order chi connectivity index (χ0) is 13.0. The van der Waals surface area contributed by atoms with Gasteiger partial charge in [-0.2, -0.15) is 0 Å². The number of aliphatic hydroxyl groups is 1. The third kappa shape index (κ3) is 3.45. The molecule has 0 aliphatic carbocycles. The molecule has 4 nitrogen and oxygen atoms in total. The maximum Gasteiger partial charge on any atom is 0.237 e. The molecule has 1 aliphatic rings. The fraction of sp³-hybridized carbons (Fsp3) is 0.462. The first kappa shape index (κ1) is 13.3. The van der Waals surface area contributed by atoms with Crippen LogP contribution in [0.15, 0.2) is 24.3 Å². The minimum Gasteiger partial charge on any atom is -0.392 e. The zero-order valence-electron chi connectivity index (χ0n) is 10.0. The van der Waals surface area contributed by atoms with Gasteiger partial charge in [0.2, 0.25) is 5.91 Å². The molecule has 2 atom stereocenters. The number of amides is 1. The second-order valence-electron chi connectivity index (χ2n) is 4.48. The summed E-state index contributed by atoms with van der Waals surface area (Å²) in [6, 6.07) is 7.33. The summed E-state index contributed by atoms with van der Waals surface area (Å²) in [5.74, 6) is -0.0568. The Balaban J connectivity index is 1.75. The van der Waals surface area contributed by atoms with E-state index in [1.807, 2.05) is 24.3 Å². The normalized spacial score (nSPS) is 23.0. The van der Waals surface area contributed by atoms with Gasteiger partial charge in [0.1, 0.15) is 0 Å². The summed E-state index contributed by atoms with van der Waals surface area (Å²) in [4.78, 5) is 11.7. The molecule has 1 fully saturated rings. The van der Waals surface area contributed by atoms with Crippen LogP contribution in [0.25, 0.3) is 0 Å². The van der Waals surface area contributed by atoms with Crippen molar-refractivity contribution in [3.05, 3.63) is 34.9 Å². The zero-order valence-corrected chi connectivity index (χ0v) is 10.8. The molecule has 1 saturated heterocycles. The highest BCUT2D eigenvalue weighted by Crippen LogP contribution is 2.14. The van der Waals surface area contributed by atoms with Crippen molar-refractivity contribution in [2.24, 2.45) is 0 Å². The third-order valence-corrected chi connectivity index (χ3v) is 3.44. The lowest BCUT2D eigenvalue weighted by Crippen LogP contribution is -2.41. The van der Waals surface area contributed by atoms with E-state index in [1.165, 1.54) is 0 Å². The predicted molar refractivity (Wildman–Crippen MR) is 70.6 cm³/mol. The van der Waals surface area contributed by atoms with Crippen LogP contribution in [0.1, 0.15) is 12.0 Å². The predicted octanol–water partition coefficient (Wildman–Crippen LogP) is 0.721. The van der Waals surface area contributed by atoms with Gasteiger partial charge in [-0.3, -0.25) is 4.79 Å². The maximum atomic E-state index is 11.7. The SMILES string of the molecule is O=C(NCCc1ccccc1Cl)[C@H]1C[C@H](O)CN1. The largest absolute Gasteiger partial charge is 0.392 e. The molecule has 3 N–H and O–H groups in total. The van der Waals surface area contributed by atoms with E-state index in [9.17, 15) is 9.90 Å². The molecule has 0 saturated carbocycles. The van der Waals surface area contributed by atoms with Crippen LogP contribution in [0.2, 0.25) is 5.02 Å². The molecule has 18 heavy (non-hydrogen) atoms. The standard InChI is InChI=1S/C13H17ClN2O2/c14-11-4-2-1-3-9(11)5-6-15-13(18)12-7-10(17)8-16-12/h1-4,10,12,16-17H,5-8H2,(H,15,18)/t10-,12+/m0/s1. The summed E-state index contributed by atoms with van der Waals surface area (Å²) in [5.41, 5.74) is 1.03. The number of rotatable bonds is 4. The average molecular weight is 269 g/mol. The number of β-amino-alcohol motifs (C(OH)–C–C–N with tert-alkyl or cyclic N) is 1. The quantitative estimate of drug-likeness (QED) is 0.754. The Morgan fingerprint density at radius 1 is 1.50 bits per heavy atom. The Morgan fingerprint density at radius 3 is 2.94 bits per heavy atom. The Kier molecular flexibility index (Phi) is 4.58. The summed E-state index contributed by atoms with van der Waals surface area (Å²) in [6.07, 6.45) is 0.780. The molecule has 1 aromatic rings. The number of halogens is 1. The molecule has 1 amide bonds. The highest BCUT2D eigenvalue weighted by atomic mass is 35.5. The fourth-order valence-corrected chi connectivity index (χ4v) is 2.29. The molecule has 0 unspecified atom stereocenters. The average Bonchev–Trinajstić information content (AvgIpc) is 2.78. The van der Waals surface area contributed by atoms with E-state index < -0.39 is 6.10 Å². The van der Waals surface area contributed by atoms with Crippen LogP contribution in [-0.2, 0) is 11.2 Å². The van der Waals surface area contributed by atoms with Gasteiger partial charge in [0, 0.05) is 18.1 Å². The van der Waals surface area contributed by atoms with E-state index in [0.29, 0.717) is 25.9 Å². The Bertz CT molecular complexity index is 425. The summed E-state index contributed by atoms with van der Waals surface area (Å²) >= 11 is 6.03. The van der Waals surface area contributed by atoms with E-state index in [-0.39, 0.29) is 11.9 Å². The van der Waals surface area contributed by atoms with Gasteiger partial charge in [-0.15, -0.1) is 0 Å². The number of nitrogens with one attached hydrogen (secondary N) is 2. The molecule has 1 aliphatic heterocycles. The van der Waals surface area contributed by atoms with Crippen molar-refractivity contribution in [2.45, 2.75) is 25.0 Å². The molecule has 2 rings (SSSR count). The number of hydrogen-bond donors (Lipinski definition) is 3. The van der Waals surface area contributed by atoms with E-state index >= 15 is 0 Å². The van der Waals surface area contributed by atoms with Crippen LogP contribution < -0.4 is 10.6 Å². The molecule has 98 valence electrons. The maximum absolute atomic E-state index is 11.7. The second kappa shape index (κ2) is 6.18. The van der Waals surface area contributed by atoms with Gasteiger partial charge in [0.15, 0.2) is 0 Å². The van der Waals surface area contributed by atoms with E-state index in [1.54, 1.807) is 0 Å². The highest BCUT2D eigenvalue weighted by molar-refractivity contribution is 6.31. The van der Waals surface area contributed by atoms with Crippen LogP contribution in [-0.4, -0.2) is 36.2 Å². The van der Waals surface area contributed by atoms with Crippen molar-refractivity contribution < 1.29 is 9.90 Å². The van der Waals surface area contributed by atoms with Crippen LogP contribution >= 0.6 is 11.6 Å². The minimum atomic E-state index is -0.413. The van der Waals surface area contributed by atoms with E-state index in [2.05, 4.69) is 10.6 Å². The lowest BCUT2D eigenvalue weighted by Gasteiger charge is -2.11. The summed E-state index contributed by atoms with van der Waals surface area (Å²) < 4.78 is 0. The molecule has 0 radical (unpaired) electrons. The topological polar surface area (TPSA) is 61.4 Å². The molecule has 0 bridgehead atoms.